The van der Waals surface area contributed by atoms with Crippen LogP contribution in [0.1, 0.15) is 44.8 Å². The molecule has 1 atom stereocenters. The number of Topliss-reactive ketones (excluding diaryl/α,β-unsaturated/α-hetero) is 1. The molecule has 1 N–H and O–H groups in total. The summed E-state index contributed by atoms with van der Waals surface area (Å²) in [4.78, 5) is 27.4. The van der Waals surface area contributed by atoms with Crippen LogP contribution in [-0.2, 0) is 10.5 Å². The lowest BCUT2D eigenvalue weighted by Gasteiger charge is -2.09. The summed E-state index contributed by atoms with van der Waals surface area (Å²) in [5, 5.41) is -0.243. The topological polar surface area (TPSA) is 72.3 Å². The molecule has 22 heavy (non-hydrogen) atoms. The van der Waals surface area contributed by atoms with E-state index in [4.69, 9.17) is 9.15 Å². The molecule has 5 nitrogen and oxygen atoms in total. The van der Waals surface area contributed by atoms with Gasteiger partial charge in [0, 0.05) is 5.69 Å². The molecule has 0 unspecified atom stereocenters. The van der Waals surface area contributed by atoms with Gasteiger partial charge >= 0.3 is 5.97 Å². The third kappa shape index (κ3) is 3.27. The van der Waals surface area contributed by atoms with E-state index in [0.29, 0.717) is 28.3 Å². The van der Waals surface area contributed by atoms with E-state index < -0.39 is 5.97 Å². The number of methoxy groups -OCH3 is 1. The average molecular weight is 321 g/mol. The molecule has 0 bridgehead atoms. The Morgan fingerprint density at radius 2 is 2.14 bits per heavy atom. The highest BCUT2D eigenvalue weighted by atomic mass is 32.2. The zero-order valence-electron chi connectivity index (χ0n) is 13.1. The van der Waals surface area contributed by atoms with E-state index >= 15 is 0 Å². The number of hydrogen-bond acceptors (Lipinski definition) is 5. The smallest absolute Gasteiger partial charge is 0.339 e. The molecule has 2 rings (SSSR count). The zero-order valence-corrected chi connectivity index (χ0v) is 13.9. The van der Waals surface area contributed by atoms with E-state index in [0.717, 1.165) is 5.76 Å². The molecule has 0 spiro atoms. The molecule has 118 valence electrons. The predicted molar refractivity (Wildman–Crippen MR) is 85.4 cm³/mol. The van der Waals surface area contributed by atoms with Crippen molar-refractivity contribution in [2.24, 2.45) is 0 Å². The Balaban J connectivity index is 2.13. The summed E-state index contributed by atoms with van der Waals surface area (Å²) >= 11 is 1.50. The number of aromatic amines is 1. The lowest BCUT2D eigenvalue weighted by atomic mass is 10.1. The molecule has 0 aromatic carbocycles. The molecule has 2 heterocycles. The average Bonchev–Trinajstić information content (AvgIpc) is 3.11. The minimum absolute atomic E-state index is 0.0349. The fourth-order valence-corrected chi connectivity index (χ4v) is 3.13. The monoisotopic (exact) mass is 321 g/mol. The lowest BCUT2D eigenvalue weighted by Crippen LogP contribution is -2.15. The van der Waals surface area contributed by atoms with Crippen LogP contribution >= 0.6 is 11.8 Å². The van der Waals surface area contributed by atoms with E-state index in [1.165, 1.54) is 18.9 Å². The number of nitrogens with one attached hydrogen (secondary N) is 1. The Morgan fingerprint density at radius 3 is 2.73 bits per heavy atom. The van der Waals surface area contributed by atoms with Crippen molar-refractivity contribution in [1.29, 1.82) is 0 Å². The summed E-state index contributed by atoms with van der Waals surface area (Å²) in [6, 6.07) is 3.70. The van der Waals surface area contributed by atoms with Gasteiger partial charge < -0.3 is 14.1 Å². The number of carbonyl (C=O) groups is 2. The zero-order chi connectivity index (χ0) is 16.3. The first kappa shape index (κ1) is 16.4. The van der Waals surface area contributed by atoms with Crippen molar-refractivity contribution < 1.29 is 18.7 Å². The molecule has 6 heteroatoms. The van der Waals surface area contributed by atoms with Crippen molar-refractivity contribution in [3.63, 3.8) is 0 Å². The Morgan fingerprint density at radius 1 is 1.41 bits per heavy atom. The first-order chi connectivity index (χ1) is 10.5. The van der Waals surface area contributed by atoms with Gasteiger partial charge in [-0.1, -0.05) is 0 Å². The quantitative estimate of drug-likeness (QED) is 0.651. The SMILES string of the molecule is COC(=O)c1c(C)[nH]c(C(=O)[C@@H](C)SCc2ccco2)c1C. The van der Waals surface area contributed by atoms with Gasteiger partial charge in [0.25, 0.3) is 0 Å². The third-order valence-electron chi connectivity index (χ3n) is 3.50. The molecule has 0 saturated heterocycles. The maximum Gasteiger partial charge on any atom is 0.339 e. The Hall–Kier alpha value is -1.95. The Bertz CT molecular complexity index is 673. The van der Waals surface area contributed by atoms with E-state index in [1.807, 2.05) is 19.1 Å². The number of H-pyrrole nitrogens is 1. The second kappa shape index (κ2) is 6.87. The van der Waals surface area contributed by atoms with Crippen LogP contribution in [0.5, 0.6) is 0 Å². The van der Waals surface area contributed by atoms with E-state index in [1.54, 1.807) is 20.1 Å². The van der Waals surface area contributed by atoms with Gasteiger partial charge in [-0.05, 0) is 38.5 Å². The van der Waals surface area contributed by atoms with Gasteiger partial charge in [0.2, 0.25) is 0 Å². The van der Waals surface area contributed by atoms with Gasteiger partial charge in [0.05, 0.1) is 35.6 Å². The number of hydrogen-bond donors (Lipinski definition) is 1. The first-order valence-corrected chi connectivity index (χ1v) is 7.96. The molecule has 0 aliphatic heterocycles. The maximum absolute atomic E-state index is 12.6. The molecule has 0 saturated carbocycles. The van der Waals surface area contributed by atoms with Crippen LogP contribution in [0, 0.1) is 13.8 Å². The van der Waals surface area contributed by atoms with Gasteiger partial charge in [-0.2, -0.15) is 0 Å². The lowest BCUT2D eigenvalue weighted by molar-refractivity contribution is 0.0599. The molecule has 0 aliphatic carbocycles. The number of rotatable bonds is 6. The predicted octanol–water partition coefficient (Wildman–Crippen LogP) is 3.52. The van der Waals surface area contributed by atoms with Crippen LogP contribution in [0.3, 0.4) is 0 Å². The molecule has 0 fully saturated rings. The number of thioether (sulfide) groups is 1. The van der Waals surface area contributed by atoms with Gasteiger partial charge in [0.1, 0.15) is 5.76 Å². The highest BCUT2D eigenvalue weighted by Gasteiger charge is 2.25. The molecule has 0 aliphatic rings. The fourth-order valence-electron chi connectivity index (χ4n) is 2.29. The number of carbonyl (C=O) groups excluding carboxylic acids is 2. The van der Waals surface area contributed by atoms with Crippen molar-refractivity contribution in [2.45, 2.75) is 31.8 Å². The number of aryl methyl sites for hydroxylation is 1. The fraction of sp³-hybridized carbons (Fsp3) is 0.375. The summed E-state index contributed by atoms with van der Waals surface area (Å²) in [5.74, 6) is 0.996. The first-order valence-electron chi connectivity index (χ1n) is 6.91. The van der Waals surface area contributed by atoms with Crippen molar-refractivity contribution in [3.05, 3.63) is 46.7 Å². The highest BCUT2D eigenvalue weighted by molar-refractivity contribution is 7.99. The normalized spacial score (nSPS) is 12.2. The summed E-state index contributed by atoms with van der Waals surface area (Å²) < 4.78 is 10.0. The maximum atomic E-state index is 12.6. The molecular formula is C16H19NO4S. The van der Waals surface area contributed by atoms with Gasteiger partial charge in [-0.15, -0.1) is 11.8 Å². The van der Waals surface area contributed by atoms with Crippen LogP contribution in [0.4, 0.5) is 0 Å². The summed E-state index contributed by atoms with van der Waals surface area (Å²) in [7, 11) is 1.33. The summed E-state index contributed by atoms with van der Waals surface area (Å²) in [6.07, 6.45) is 1.61. The van der Waals surface area contributed by atoms with E-state index in [-0.39, 0.29) is 11.0 Å². The minimum atomic E-state index is -0.429. The number of aromatic nitrogens is 1. The number of furan rings is 1. The highest BCUT2D eigenvalue weighted by Crippen LogP contribution is 2.25. The summed E-state index contributed by atoms with van der Waals surface area (Å²) in [6.45, 7) is 5.37. The molecule has 2 aromatic rings. The molecule has 0 radical (unpaired) electrons. The minimum Gasteiger partial charge on any atom is -0.468 e. The molecular weight excluding hydrogens is 302 g/mol. The standard InChI is InChI=1S/C16H19NO4S/c1-9-13(16(19)20-4)10(2)17-14(9)15(18)11(3)22-8-12-6-5-7-21-12/h5-7,11,17H,8H2,1-4H3/t11-/m1/s1. The van der Waals surface area contributed by atoms with E-state index in [2.05, 4.69) is 4.98 Å². The Kier molecular flexibility index (Phi) is 5.13. The van der Waals surface area contributed by atoms with Crippen LogP contribution < -0.4 is 0 Å². The van der Waals surface area contributed by atoms with Crippen molar-refractivity contribution in [1.82, 2.24) is 4.98 Å². The molecule has 0 amide bonds. The van der Waals surface area contributed by atoms with E-state index in [9.17, 15) is 9.59 Å². The number of ether oxygens (including phenoxy) is 1. The van der Waals surface area contributed by atoms with Crippen LogP contribution in [-0.4, -0.2) is 29.1 Å². The number of esters is 1. The number of ketones is 1. The van der Waals surface area contributed by atoms with Gasteiger partial charge in [-0.3, -0.25) is 4.79 Å². The molecule has 2 aromatic heterocycles. The van der Waals surface area contributed by atoms with Crippen LogP contribution in [0.2, 0.25) is 0 Å². The van der Waals surface area contributed by atoms with Gasteiger partial charge in [0.15, 0.2) is 5.78 Å². The third-order valence-corrected chi connectivity index (χ3v) is 4.66. The second-order valence-corrected chi connectivity index (χ2v) is 6.34. The van der Waals surface area contributed by atoms with Crippen LogP contribution in [0.15, 0.2) is 22.8 Å². The van der Waals surface area contributed by atoms with Crippen molar-refractivity contribution >= 4 is 23.5 Å². The largest absolute Gasteiger partial charge is 0.468 e. The van der Waals surface area contributed by atoms with Crippen molar-refractivity contribution in [3.8, 4) is 0 Å². The van der Waals surface area contributed by atoms with Crippen LogP contribution in [0.25, 0.3) is 0 Å². The summed E-state index contributed by atoms with van der Waals surface area (Å²) in [5.41, 5.74) is 2.20. The van der Waals surface area contributed by atoms with Gasteiger partial charge in [-0.25, -0.2) is 4.79 Å². The van der Waals surface area contributed by atoms with Crippen molar-refractivity contribution in [2.75, 3.05) is 7.11 Å². The Labute approximate surface area is 133 Å². The second-order valence-electron chi connectivity index (χ2n) is 5.01.